The molecule has 0 bridgehead atoms. The maximum Gasteiger partial charge on any atom is 0.414 e. The molecule has 0 aliphatic carbocycles. The van der Waals surface area contributed by atoms with Crippen molar-refractivity contribution in [3.63, 3.8) is 0 Å². The van der Waals surface area contributed by atoms with Gasteiger partial charge in [0.15, 0.2) is 0 Å². The van der Waals surface area contributed by atoms with Gasteiger partial charge in [0.25, 0.3) is 0 Å². The van der Waals surface area contributed by atoms with E-state index in [1.54, 1.807) is 18.0 Å². The Hall–Kier alpha value is -3.00. The number of likely N-dealkylation sites (N-methyl/N-ethyl adjacent to an activating group) is 1. The Labute approximate surface area is 143 Å². The van der Waals surface area contributed by atoms with Crippen molar-refractivity contribution in [3.05, 3.63) is 34.5 Å². The maximum absolute atomic E-state index is 14.4. The van der Waals surface area contributed by atoms with Crippen LogP contribution in [0.2, 0.25) is 0 Å². The van der Waals surface area contributed by atoms with Crippen LogP contribution < -0.4 is 9.80 Å². The van der Waals surface area contributed by atoms with Gasteiger partial charge in [-0.1, -0.05) is 5.11 Å². The highest BCUT2D eigenvalue weighted by Gasteiger charge is 2.32. The van der Waals surface area contributed by atoms with E-state index in [0.29, 0.717) is 17.9 Å². The van der Waals surface area contributed by atoms with Crippen LogP contribution in [0.4, 0.5) is 20.6 Å². The van der Waals surface area contributed by atoms with E-state index in [9.17, 15) is 14.0 Å². The summed E-state index contributed by atoms with van der Waals surface area (Å²) in [5.41, 5.74) is 8.97. The summed E-state index contributed by atoms with van der Waals surface area (Å²) in [6.45, 7) is 1.99. The fourth-order valence-electron chi connectivity index (χ4n) is 2.38. The number of cyclic esters (lactones) is 1. The average Bonchev–Trinajstić information content (AvgIpc) is 2.93. The molecule has 1 fully saturated rings. The topological polar surface area (TPSA) is 108 Å². The maximum atomic E-state index is 14.4. The number of hydrogen-bond acceptors (Lipinski definition) is 6. The number of carbonyl (C=O) groups excluding carboxylic acids is 2. The largest absolute Gasteiger partial charge is 0.464 e. The second kappa shape index (κ2) is 8.20. The molecule has 9 nitrogen and oxygen atoms in total. The number of carbonyl (C=O) groups is 2. The SMILES string of the molecule is CC(=O)OCCN(C)c1ccc(N2CC(CN=[N+]=[N-])OC2=O)cc1F. The van der Waals surface area contributed by atoms with E-state index < -0.39 is 24.0 Å². The van der Waals surface area contributed by atoms with Gasteiger partial charge in [0.05, 0.1) is 31.0 Å². The molecule has 1 aromatic carbocycles. The second-order valence-electron chi connectivity index (χ2n) is 5.43. The lowest BCUT2D eigenvalue weighted by Gasteiger charge is -2.21. The van der Waals surface area contributed by atoms with Crippen LogP contribution in [0.1, 0.15) is 6.92 Å². The molecule has 1 unspecified atom stereocenters. The highest BCUT2D eigenvalue weighted by Crippen LogP contribution is 2.27. The molecular weight excluding hydrogens is 333 g/mol. The molecule has 134 valence electrons. The lowest BCUT2D eigenvalue weighted by atomic mass is 10.2. The summed E-state index contributed by atoms with van der Waals surface area (Å²) in [4.78, 5) is 28.1. The average molecular weight is 351 g/mol. The zero-order valence-electron chi connectivity index (χ0n) is 13.9. The first-order valence-corrected chi connectivity index (χ1v) is 7.55. The van der Waals surface area contributed by atoms with Gasteiger partial charge < -0.3 is 14.4 Å². The van der Waals surface area contributed by atoms with Crippen molar-refractivity contribution in [1.29, 1.82) is 0 Å². The first-order valence-electron chi connectivity index (χ1n) is 7.55. The molecule has 1 aromatic rings. The molecule has 1 heterocycles. The van der Waals surface area contributed by atoms with Gasteiger partial charge in [-0.25, -0.2) is 9.18 Å². The van der Waals surface area contributed by atoms with Crippen molar-refractivity contribution in [1.82, 2.24) is 0 Å². The molecule has 1 amide bonds. The van der Waals surface area contributed by atoms with E-state index in [1.807, 2.05) is 0 Å². The molecule has 0 spiro atoms. The Morgan fingerprint density at radius 1 is 1.60 bits per heavy atom. The van der Waals surface area contributed by atoms with E-state index in [2.05, 4.69) is 10.0 Å². The van der Waals surface area contributed by atoms with Gasteiger partial charge in [-0.3, -0.25) is 9.69 Å². The van der Waals surface area contributed by atoms with E-state index >= 15 is 0 Å². The second-order valence-corrected chi connectivity index (χ2v) is 5.43. The number of esters is 1. The van der Waals surface area contributed by atoms with Gasteiger partial charge in [0.1, 0.15) is 18.5 Å². The first kappa shape index (κ1) is 18.3. The highest BCUT2D eigenvalue weighted by atomic mass is 19.1. The zero-order valence-corrected chi connectivity index (χ0v) is 13.9. The quantitative estimate of drug-likeness (QED) is 0.324. The Morgan fingerprint density at radius 3 is 3.00 bits per heavy atom. The van der Waals surface area contributed by atoms with Crippen LogP contribution in [0.25, 0.3) is 10.4 Å². The van der Waals surface area contributed by atoms with E-state index in [1.165, 1.54) is 24.0 Å². The summed E-state index contributed by atoms with van der Waals surface area (Å²) >= 11 is 0. The van der Waals surface area contributed by atoms with Gasteiger partial charge in [0.2, 0.25) is 0 Å². The Bertz CT molecular complexity index is 707. The van der Waals surface area contributed by atoms with Crippen molar-refractivity contribution >= 4 is 23.4 Å². The van der Waals surface area contributed by atoms with Gasteiger partial charge >= 0.3 is 12.1 Å². The van der Waals surface area contributed by atoms with Crippen molar-refractivity contribution < 1.29 is 23.5 Å². The van der Waals surface area contributed by atoms with Crippen molar-refractivity contribution in [3.8, 4) is 0 Å². The van der Waals surface area contributed by atoms with E-state index in [-0.39, 0.29) is 19.7 Å². The van der Waals surface area contributed by atoms with Crippen LogP contribution in [-0.4, -0.2) is 51.5 Å². The van der Waals surface area contributed by atoms with Crippen LogP contribution in [-0.2, 0) is 14.3 Å². The Kier molecular flexibility index (Phi) is 6.02. The molecule has 10 heteroatoms. The predicted molar refractivity (Wildman–Crippen MR) is 87.9 cm³/mol. The summed E-state index contributed by atoms with van der Waals surface area (Å²) in [6.07, 6.45) is -1.17. The number of ether oxygens (including phenoxy) is 2. The van der Waals surface area contributed by atoms with Gasteiger partial charge in [-0.05, 0) is 23.7 Å². The number of benzene rings is 1. The monoisotopic (exact) mass is 351 g/mol. The molecular formula is C15H18FN5O4. The zero-order chi connectivity index (χ0) is 18.4. The number of halogens is 1. The lowest BCUT2D eigenvalue weighted by molar-refractivity contribution is -0.140. The minimum atomic E-state index is -0.617. The van der Waals surface area contributed by atoms with Crippen LogP contribution in [0.15, 0.2) is 23.3 Å². The lowest BCUT2D eigenvalue weighted by Crippen LogP contribution is -2.26. The third-order valence-electron chi connectivity index (χ3n) is 3.61. The number of rotatable bonds is 7. The third-order valence-corrected chi connectivity index (χ3v) is 3.61. The molecule has 0 aromatic heterocycles. The predicted octanol–water partition coefficient (Wildman–Crippen LogP) is 2.46. The first-order chi connectivity index (χ1) is 11.9. The van der Waals surface area contributed by atoms with E-state index in [0.717, 1.165) is 0 Å². The molecule has 0 radical (unpaired) electrons. The molecule has 1 saturated heterocycles. The van der Waals surface area contributed by atoms with Gasteiger partial charge in [-0.15, -0.1) is 0 Å². The van der Waals surface area contributed by atoms with E-state index in [4.69, 9.17) is 15.0 Å². The van der Waals surface area contributed by atoms with Crippen molar-refractivity contribution in [2.75, 3.05) is 43.1 Å². The minimum Gasteiger partial charge on any atom is -0.464 e. The molecule has 25 heavy (non-hydrogen) atoms. The Morgan fingerprint density at radius 2 is 2.36 bits per heavy atom. The summed E-state index contributed by atoms with van der Waals surface area (Å²) in [7, 11) is 1.67. The van der Waals surface area contributed by atoms with Crippen LogP contribution in [0, 0.1) is 5.82 Å². The van der Waals surface area contributed by atoms with Crippen LogP contribution in [0.5, 0.6) is 0 Å². The summed E-state index contributed by atoms with van der Waals surface area (Å²) < 4.78 is 24.3. The summed E-state index contributed by atoms with van der Waals surface area (Å²) in [5, 5.41) is 3.37. The highest BCUT2D eigenvalue weighted by molar-refractivity contribution is 5.90. The third kappa shape index (κ3) is 4.74. The molecule has 0 saturated carbocycles. The number of anilines is 2. The number of hydrogen-bond donors (Lipinski definition) is 0. The smallest absolute Gasteiger partial charge is 0.414 e. The fraction of sp³-hybridized carbons (Fsp3) is 0.467. The van der Waals surface area contributed by atoms with Crippen molar-refractivity contribution in [2.45, 2.75) is 13.0 Å². The standard InChI is InChI=1S/C15H18FN5O4/c1-10(22)24-6-5-20(2)14-4-3-11(7-13(14)16)21-9-12(8-18-19-17)25-15(21)23/h3-4,7,12H,5-6,8-9H2,1-2H3. The van der Waals surface area contributed by atoms with Crippen LogP contribution >= 0.6 is 0 Å². The molecule has 0 N–H and O–H groups in total. The van der Waals surface area contributed by atoms with Gasteiger partial charge in [0, 0.05) is 18.9 Å². The summed E-state index contributed by atoms with van der Waals surface area (Å²) in [5.74, 6) is -0.916. The fourth-order valence-corrected chi connectivity index (χ4v) is 2.38. The van der Waals surface area contributed by atoms with Crippen molar-refractivity contribution in [2.24, 2.45) is 5.11 Å². The molecule has 2 rings (SSSR count). The minimum absolute atomic E-state index is 0.0260. The molecule has 1 atom stereocenters. The molecule has 1 aliphatic rings. The number of nitrogens with zero attached hydrogens (tertiary/aromatic N) is 5. The van der Waals surface area contributed by atoms with Crippen LogP contribution in [0.3, 0.4) is 0 Å². The Balaban J connectivity index is 2.04. The number of amides is 1. The normalized spacial score (nSPS) is 16.2. The van der Waals surface area contributed by atoms with Gasteiger partial charge in [-0.2, -0.15) is 0 Å². The molecule has 1 aliphatic heterocycles. The summed E-state index contributed by atoms with van der Waals surface area (Å²) in [6, 6.07) is 4.36. The number of azide groups is 1.